The van der Waals surface area contributed by atoms with E-state index in [1.807, 2.05) is 63.2 Å². The summed E-state index contributed by atoms with van der Waals surface area (Å²) >= 11 is 1.28. The molecule has 6 nitrogen and oxygen atoms in total. The number of nitrogens with one attached hydrogen (secondary N) is 3. The zero-order valence-corrected chi connectivity index (χ0v) is 16.8. The maximum Gasteiger partial charge on any atom is 0.325 e. The van der Waals surface area contributed by atoms with Crippen LogP contribution in [0.1, 0.15) is 22.4 Å². The summed E-state index contributed by atoms with van der Waals surface area (Å²) in [6, 6.07) is 13.0. The van der Waals surface area contributed by atoms with Gasteiger partial charge in [0.25, 0.3) is 0 Å². The van der Waals surface area contributed by atoms with Gasteiger partial charge in [0.05, 0.1) is 12.1 Å². The summed E-state index contributed by atoms with van der Waals surface area (Å²) in [6.45, 7) is 5.90. The molecular weight excluding hydrogens is 372 g/mol. The van der Waals surface area contributed by atoms with Gasteiger partial charge in [-0.2, -0.15) is 0 Å². The number of hydrogen-bond acceptors (Lipinski definition) is 4. The SMILES string of the molecule is Cc1ccc(NC(=O)Nc2nc(CC(=O)Nc3c(C)cccc3C)cs2)cc1. The molecule has 0 aliphatic rings. The number of benzene rings is 2. The Labute approximate surface area is 168 Å². The van der Waals surface area contributed by atoms with Gasteiger partial charge in [0.2, 0.25) is 5.91 Å². The highest BCUT2D eigenvalue weighted by molar-refractivity contribution is 7.14. The van der Waals surface area contributed by atoms with Gasteiger partial charge in [-0.15, -0.1) is 11.3 Å². The molecule has 3 rings (SSSR count). The lowest BCUT2D eigenvalue weighted by Crippen LogP contribution is -2.19. The van der Waals surface area contributed by atoms with Crippen LogP contribution >= 0.6 is 11.3 Å². The van der Waals surface area contributed by atoms with E-state index in [2.05, 4.69) is 20.9 Å². The number of para-hydroxylation sites is 1. The predicted octanol–water partition coefficient (Wildman–Crippen LogP) is 4.89. The number of urea groups is 1. The van der Waals surface area contributed by atoms with Crippen LogP contribution in [0, 0.1) is 20.8 Å². The number of anilines is 3. The number of hydrogen-bond donors (Lipinski definition) is 3. The zero-order valence-electron chi connectivity index (χ0n) is 16.0. The van der Waals surface area contributed by atoms with Crippen molar-refractivity contribution in [2.75, 3.05) is 16.0 Å². The van der Waals surface area contributed by atoms with Gasteiger partial charge >= 0.3 is 6.03 Å². The van der Waals surface area contributed by atoms with Crippen LogP contribution in [-0.2, 0) is 11.2 Å². The fraction of sp³-hybridized carbons (Fsp3) is 0.190. The molecule has 7 heteroatoms. The molecule has 3 amide bonds. The van der Waals surface area contributed by atoms with Gasteiger partial charge in [-0.3, -0.25) is 10.1 Å². The van der Waals surface area contributed by atoms with Gasteiger partial charge in [-0.25, -0.2) is 9.78 Å². The Morgan fingerprint density at radius 1 is 0.929 bits per heavy atom. The normalized spacial score (nSPS) is 10.4. The van der Waals surface area contributed by atoms with Crippen molar-refractivity contribution in [1.82, 2.24) is 4.98 Å². The Morgan fingerprint density at radius 3 is 2.29 bits per heavy atom. The first-order valence-corrected chi connectivity index (χ1v) is 9.74. The number of aromatic nitrogens is 1. The van der Waals surface area contributed by atoms with Crippen LogP contribution in [0.3, 0.4) is 0 Å². The second kappa shape index (κ2) is 8.67. The van der Waals surface area contributed by atoms with Gasteiger partial charge in [-0.1, -0.05) is 35.9 Å². The second-order valence-electron chi connectivity index (χ2n) is 6.58. The maximum atomic E-state index is 12.3. The minimum absolute atomic E-state index is 0.140. The molecule has 0 aliphatic carbocycles. The van der Waals surface area contributed by atoms with Crippen LogP contribution in [0.15, 0.2) is 47.8 Å². The van der Waals surface area contributed by atoms with E-state index >= 15 is 0 Å². The molecule has 0 spiro atoms. The molecule has 2 aromatic carbocycles. The number of rotatable bonds is 5. The summed E-state index contributed by atoms with van der Waals surface area (Å²) in [7, 11) is 0. The van der Waals surface area contributed by atoms with E-state index in [1.54, 1.807) is 5.38 Å². The van der Waals surface area contributed by atoms with Crippen molar-refractivity contribution in [3.63, 3.8) is 0 Å². The average molecular weight is 395 g/mol. The summed E-state index contributed by atoms with van der Waals surface area (Å²) in [5.41, 5.74) is 5.30. The Kier molecular flexibility index (Phi) is 6.06. The van der Waals surface area contributed by atoms with Gasteiger partial charge in [0.15, 0.2) is 5.13 Å². The van der Waals surface area contributed by atoms with Gasteiger partial charge < -0.3 is 10.6 Å². The smallest absolute Gasteiger partial charge is 0.325 e. The fourth-order valence-corrected chi connectivity index (χ4v) is 3.41. The number of amides is 3. The van der Waals surface area contributed by atoms with E-state index in [4.69, 9.17) is 0 Å². The van der Waals surface area contributed by atoms with E-state index in [0.29, 0.717) is 16.5 Å². The minimum Gasteiger partial charge on any atom is -0.325 e. The largest absolute Gasteiger partial charge is 0.325 e. The van der Waals surface area contributed by atoms with Crippen LogP contribution < -0.4 is 16.0 Å². The van der Waals surface area contributed by atoms with Gasteiger partial charge in [0, 0.05) is 16.8 Å². The Bertz CT molecular complexity index is 976. The zero-order chi connectivity index (χ0) is 20.1. The summed E-state index contributed by atoms with van der Waals surface area (Å²) in [4.78, 5) is 28.7. The van der Waals surface area contributed by atoms with Crippen molar-refractivity contribution in [3.05, 3.63) is 70.2 Å². The Hall–Kier alpha value is -3.19. The van der Waals surface area contributed by atoms with E-state index in [0.717, 1.165) is 22.4 Å². The highest BCUT2D eigenvalue weighted by Gasteiger charge is 2.12. The van der Waals surface area contributed by atoms with Crippen LogP contribution in [0.4, 0.5) is 21.3 Å². The molecule has 28 heavy (non-hydrogen) atoms. The first-order chi connectivity index (χ1) is 13.4. The topological polar surface area (TPSA) is 83.1 Å². The van der Waals surface area contributed by atoms with Crippen molar-refractivity contribution in [3.8, 4) is 0 Å². The van der Waals surface area contributed by atoms with E-state index in [9.17, 15) is 9.59 Å². The molecule has 0 fully saturated rings. The van der Waals surface area contributed by atoms with Crippen LogP contribution in [0.2, 0.25) is 0 Å². The number of carbonyl (C=O) groups is 2. The first kappa shape index (κ1) is 19.6. The van der Waals surface area contributed by atoms with E-state index in [-0.39, 0.29) is 18.4 Å². The van der Waals surface area contributed by atoms with Crippen LogP contribution in [-0.4, -0.2) is 16.9 Å². The van der Waals surface area contributed by atoms with Crippen molar-refractivity contribution < 1.29 is 9.59 Å². The van der Waals surface area contributed by atoms with E-state index in [1.165, 1.54) is 11.3 Å². The second-order valence-corrected chi connectivity index (χ2v) is 7.44. The molecule has 0 atom stereocenters. The molecule has 0 radical (unpaired) electrons. The molecule has 0 aliphatic heterocycles. The monoisotopic (exact) mass is 394 g/mol. The summed E-state index contributed by atoms with van der Waals surface area (Å²) < 4.78 is 0. The van der Waals surface area contributed by atoms with Crippen LogP contribution in [0.25, 0.3) is 0 Å². The molecule has 0 saturated heterocycles. The van der Waals surface area contributed by atoms with Crippen molar-refractivity contribution in [2.45, 2.75) is 27.2 Å². The van der Waals surface area contributed by atoms with Gasteiger partial charge in [-0.05, 0) is 44.0 Å². The van der Waals surface area contributed by atoms with E-state index < -0.39 is 0 Å². The first-order valence-electron chi connectivity index (χ1n) is 8.86. The molecular formula is C21H22N4O2S. The van der Waals surface area contributed by atoms with Gasteiger partial charge in [0.1, 0.15) is 0 Å². The predicted molar refractivity (Wildman–Crippen MR) is 114 cm³/mol. The number of aryl methyl sites for hydroxylation is 3. The average Bonchev–Trinajstić information content (AvgIpc) is 3.07. The standard InChI is InChI=1S/C21H22N4O2S/c1-13-7-9-16(10-8-13)22-20(27)25-21-23-17(12-28-21)11-18(26)24-19-14(2)5-4-6-15(19)3/h4-10,12H,11H2,1-3H3,(H,24,26)(H2,22,23,25,27). The highest BCUT2D eigenvalue weighted by atomic mass is 32.1. The third-order valence-corrected chi connectivity index (χ3v) is 4.98. The lowest BCUT2D eigenvalue weighted by Gasteiger charge is -2.10. The number of carbonyl (C=O) groups excluding carboxylic acids is 2. The van der Waals surface area contributed by atoms with Crippen molar-refractivity contribution in [2.24, 2.45) is 0 Å². The quantitative estimate of drug-likeness (QED) is 0.576. The van der Waals surface area contributed by atoms with Crippen molar-refractivity contribution in [1.29, 1.82) is 0 Å². The van der Waals surface area contributed by atoms with Crippen LogP contribution in [0.5, 0.6) is 0 Å². The molecule has 3 aromatic rings. The molecule has 3 N–H and O–H groups in total. The fourth-order valence-electron chi connectivity index (χ4n) is 2.70. The third-order valence-electron chi connectivity index (χ3n) is 4.17. The minimum atomic E-state index is -0.371. The molecule has 0 bridgehead atoms. The molecule has 1 heterocycles. The highest BCUT2D eigenvalue weighted by Crippen LogP contribution is 2.21. The Balaban J connectivity index is 1.55. The van der Waals surface area contributed by atoms with Crippen molar-refractivity contribution >= 4 is 39.8 Å². The summed E-state index contributed by atoms with van der Waals surface area (Å²) in [6.07, 6.45) is 0.144. The number of thiazole rings is 1. The lowest BCUT2D eigenvalue weighted by atomic mass is 10.1. The lowest BCUT2D eigenvalue weighted by molar-refractivity contribution is -0.115. The number of nitrogens with zero attached hydrogens (tertiary/aromatic N) is 1. The molecule has 0 unspecified atom stereocenters. The molecule has 144 valence electrons. The summed E-state index contributed by atoms with van der Waals surface area (Å²) in [5, 5.41) is 10.6. The molecule has 0 saturated carbocycles. The third kappa shape index (κ3) is 5.17. The maximum absolute atomic E-state index is 12.3. The molecule has 1 aromatic heterocycles. The Morgan fingerprint density at radius 2 is 1.61 bits per heavy atom. The summed E-state index contributed by atoms with van der Waals surface area (Å²) in [5.74, 6) is -0.140.